The molecule has 8 nitrogen and oxygen atoms in total. The molecule has 0 fully saturated rings. The van der Waals surface area contributed by atoms with E-state index in [1.165, 1.54) is 30.6 Å². The van der Waals surface area contributed by atoms with Crippen LogP contribution in [0, 0.1) is 5.92 Å². The molecule has 0 saturated carbocycles. The molecule has 0 aliphatic carbocycles. The number of methoxy groups -OCH3 is 1. The average molecular weight is 553 g/mol. The van der Waals surface area contributed by atoms with Crippen molar-refractivity contribution in [1.82, 2.24) is 9.21 Å². The summed E-state index contributed by atoms with van der Waals surface area (Å²) in [4.78, 5) is 15.7. The van der Waals surface area contributed by atoms with Crippen molar-refractivity contribution in [3.8, 4) is 16.9 Å². The number of likely N-dealkylation sites (N-methyl/N-ethyl adjacent to an activating group) is 1. The number of aliphatic hydroxyl groups is 1. The first-order valence-electron chi connectivity index (χ1n) is 13.0. The molecule has 3 atom stereocenters. The van der Waals surface area contributed by atoms with Crippen molar-refractivity contribution in [3.63, 3.8) is 0 Å². The maximum atomic E-state index is 13.9. The standard InChI is InChI=1S/C30H36N2O6S/c1-21-17-32(22(2)19-33)30(34)28-12-8-7-11-27(28)26-10-6-5-9-23(26)20-38-29(21)18-31(3)39(35,36)25-15-13-24(37-4)14-16-25/h5-16,21-22,29,33H,17-20H2,1-4H3/t21-,22+,29+/m0/s1. The summed E-state index contributed by atoms with van der Waals surface area (Å²) in [5.41, 5.74) is 3.13. The Hall–Kier alpha value is -3.24. The van der Waals surface area contributed by atoms with Crippen LogP contribution < -0.4 is 4.74 Å². The fourth-order valence-electron chi connectivity index (χ4n) is 4.83. The molecule has 0 aromatic heterocycles. The topological polar surface area (TPSA) is 96.4 Å². The van der Waals surface area contributed by atoms with Gasteiger partial charge in [0.05, 0.1) is 37.4 Å². The molecule has 3 aromatic carbocycles. The van der Waals surface area contributed by atoms with Crippen LogP contribution in [0.2, 0.25) is 0 Å². The van der Waals surface area contributed by atoms with E-state index in [2.05, 4.69) is 0 Å². The Kier molecular flexibility index (Phi) is 9.07. The number of amides is 1. The van der Waals surface area contributed by atoms with E-state index in [-0.39, 0.29) is 43.0 Å². The van der Waals surface area contributed by atoms with Gasteiger partial charge in [0.2, 0.25) is 10.0 Å². The van der Waals surface area contributed by atoms with Crippen LogP contribution in [0.4, 0.5) is 0 Å². The smallest absolute Gasteiger partial charge is 0.254 e. The van der Waals surface area contributed by atoms with Crippen LogP contribution in [0.1, 0.15) is 29.8 Å². The first-order chi connectivity index (χ1) is 18.7. The normalized spacial score (nSPS) is 19.1. The fraction of sp³-hybridized carbons (Fsp3) is 0.367. The van der Waals surface area contributed by atoms with Crippen molar-refractivity contribution in [2.75, 3.05) is 33.9 Å². The molecule has 1 aliphatic heterocycles. The molecule has 4 rings (SSSR count). The maximum absolute atomic E-state index is 13.9. The van der Waals surface area contributed by atoms with Crippen molar-refractivity contribution >= 4 is 15.9 Å². The Morgan fingerprint density at radius 3 is 2.28 bits per heavy atom. The Balaban J connectivity index is 1.71. The minimum atomic E-state index is -3.80. The highest BCUT2D eigenvalue weighted by atomic mass is 32.2. The summed E-state index contributed by atoms with van der Waals surface area (Å²) in [5.74, 6) is 0.141. The summed E-state index contributed by atoms with van der Waals surface area (Å²) in [6, 6.07) is 21.0. The number of rotatable bonds is 7. The summed E-state index contributed by atoms with van der Waals surface area (Å²) in [6.07, 6.45) is -0.529. The lowest BCUT2D eigenvalue weighted by Gasteiger charge is -2.35. The third-order valence-electron chi connectivity index (χ3n) is 7.30. The molecule has 1 aliphatic rings. The van der Waals surface area contributed by atoms with Gasteiger partial charge in [-0.3, -0.25) is 4.79 Å². The van der Waals surface area contributed by atoms with E-state index in [0.29, 0.717) is 11.3 Å². The third kappa shape index (κ3) is 6.17. The van der Waals surface area contributed by atoms with Crippen molar-refractivity contribution < 1.29 is 27.8 Å². The Bertz CT molecular complexity index is 1390. The number of aliphatic hydroxyl groups excluding tert-OH is 1. The Labute approximate surface area is 230 Å². The highest BCUT2D eigenvalue weighted by molar-refractivity contribution is 7.89. The van der Waals surface area contributed by atoms with Gasteiger partial charge < -0.3 is 19.5 Å². The highest BCUT2D eigenvalue weighted by Crippen LogP contribution is 2.31. The quantitative estimate of drug-likeness (QED) is 0.475. The van der Waals surface area contributed by atoms with E-state index in [1.54, 1.807) is 24.0 Å². The molecule has 9 heteroatoms. The number of fused-ring (bicyclic) bond motifs is 3. The fourth-order valence-corrected chi connectivity index (χ4v) is 6.01. The Morgan fingerprint density at radius 1 is 1.03 bits per heavy atom. The molecule has 0 bridgehead atoms. The van der Waals surface area contributed by atoms with Crippen molar-refractivity contribution in [1.29, 1.82) is 0 Å². The average Bonchev–Trinajstić information content (AvgIpc) is 2.98. The van der Waals surface area contributed by atoms with Gasteiger partial charge in [-0.2, -0.15) is 4.31 Å². The first-order valence-corrected chi connectivity index (χ1v) is 14.4. The molecule has 1 N–H and O–H groups in total. The van der Waals surface area contributed by atoms with Crippen LogP contribution in [0.3, 0.4) is 0 Å². The molecular weight excluding hydrogens is 516 g/mol. The van der Waals surface area contributed by atoms with Gasteiger partial charge in [-0.15, -0.1) is 0 Å². The number of nitrogens with zero attached hydrogens (tertiary/aromatic N) is 2. The van der Waals surface area contributed by atoms with Crippen molar-refractivity contribution in [3.05, 3.63) is 83.9 Å². The second kappa shape index (κ2) is 12.3. The van der Waals surface area contributed by atoms with E-state index < -0.39 is 22.2 Å². The lowest BCUT2D eigenvalue weighted by atomic mass is 9.94. The number of hydrogen-bond acceptors (Lipinski definition) is 6. The summed E-state index contributed by atoms with van der Waals surface area (Å²) in [6.45, 7) is 4.16. The third-order valence-corrected chi connectivity index (χ3v) is 9.14. The van der Waals surface area contributed by atoms with Crippen LogP contribution >= 0.6 is 0 Å². The second-order valence-electron chi connectivity index (χ2n) is 9.98. The van der Waals surface area contributed by atoms with E-state index >= 15 is 0 Å². The van der Waals surface area contributed by atoms with Crippen molar-refractivity contribution in [2.45, 2.75) is 37.5 Å². The number of benzene rings is 3. The number of sulfonamides is 1. The molecule has 1 heterocycles. The minimum absolute atomic E-state index is 0.0835. The summed E-state index contributed by atoms with van der Waals surface area (Å²) >= 11 is 0. The van der Waals surface area contributed by atoms with E-state index in [1.807, 2.05) is 55.5 Å². The van der Waals surface area contributed by atoms with E-state index in [4.69, 9.17) is 9.47 Å². The second-order valence-corrected chi connectivity index (χ2v) is 12.0. The SMILES string of the molecule is COc1ccc(S(=O)(=O)N(C)C[C@H]2OCc3ccccc3-c3ccccc3C(=O)N([C@H](C)CO)C[C@@H]2C)cc1. The highest BCUT2D eigenvalue weighted by Gasteiger charge is 2.32. The number of hydrogen-bond donors (Lipinski definition) is 1. The zero-order chi connectivity index (χ0) is 28.2. The van der Waals surface area contributed by atoms with E-state index in [0.717, 1.165) is 16.7 Å². The summed E-state index contributed by atoms with van der Waals surface area (Å²) < 4.78 is 39.7. The van der Waals surface area contributed by atoms with Crippen LogP contribution in [-0.2, 0) is 21.4 Å². The van der Waals surface area contributed by atoms with Gasteiger partial charge in [-0.1, -0.05) is 49.4 Å². The van der Waals surface area contributed by atoms with Gasteiger partial charge in [-0.25, -0.2) is 8.42 Å². The molecule has 0 saturated heterocycles. The largest absolute Gasteiger partial charge is 0.497 e. The van der Waals surface area contributed by atoms with Crippen LogP contribution in [0.5, 0.6) is 5.75 Å². The Morgan fingerprint density at radius 2 is 1.64 bits per heavy atom. The summed E-state index contributed by atoms with van der Waals surface area (Å²) in [5, 5.41) is 10.0. The van der Waals surface area contributed by atoms with Gasteiger partial charge in [0, 0.05) is 31.6 Å². The molecule has 0 spiro atoms. The first kappa shape index (κ1) is 28.8. The number of carbonyl (C=O) groups is 1. The minimum Gasteiger partial charge on any atom is -0.497 e. The predicted molar refractivity (Wildman–Crippen MR) is 150 cm³/mol. The lowest BCUT2D eigenvalue weighted by molar-refractivity contribution is -0.0146. The van der Waals surface area contributed by atoms with Gasteiger partial charge in [0.15, 0.2) is 0 Å². The molecular formula is C30H36N2O6S. The lowest BCUT2D eigenvalue weighted by Crippen LogP contribution is -2.47. The van der Waals surface area contributed by atoms with Crippen LogP contribution in [-0.4, -0.2) is 74.6 Å². The van der Waals surface area contributed by atoms with Gasteiger partial charge in [0.1, 0.15) is 5.75 Å². The van der Waals surface area contributed by atoms with Crippen LogP contribution in [0.15, 0.2) is 77.7 Å². The van der Waals surface area contributed by atoms with E-state index in [9.17, 15) is 18.3 Å². The molecule has 208 valence electrons. The zero-order valence-electron chi connectivity index (χ0n) is 22.8. The molecule has 39 heavy (non-hydrogen) atoms. The molecule has 0 radical (unpaired) electrons. The number of ether oxygens (including phenoxy) is 2. The van der Waals surface area contributed by atoms with Gasteiger partial charge in [-0.05, 0) is 53.9 Å². The van der Waals surface area contributed by atoms with Gasteiger partial charge in [0.25, 0.3) is 5.91 Å². The monoisotopic (exact) mass is 552 g/mol. The molecule has 1 amide bonds. The van der Waals surface area contributed by atoms with Gasteiger partial charge >= 0.3 is 0 Å². The zero-order valence-corrected chi connectivity index (χ0v) is 23.6. The van der Waals surface area contributed by atoms with Crippen molar-refractivity contribution in [2.24, 2.45) is 5.92 Å². The molecule has 3 aromatic rings. The summed E-state index contributed by atoms with van der Waals surface area (Å²) in [7, 11) is -0.746. The maximum Gasteiger partial charge on any atom is 0.254 e. The molecule has 0 unspecified atom stereocenters. The number of carbonyl (C=O) groups excluding carboxylic acids is 1. The van der Waals surface area contributed by atoms with Crippen LogP contribution in [0.25, 0.3) is 11.1 Å². The predicted octanol–water partition coefficient (Wildman–Crippen LogP) is 4.04.